The molecule has 3 amide bonds. The number of rotatable bonds is 3. The number of hydrogen-bond acceptors (Lipinski definition) is 5. The van der Waals surface area contributed by atoms with Gasteiger partial charge >= 0.3 is 12.2 Å². The number of aromatic hydroxyl groups is 1. The molecule has 1 N–H and O–H groups in total. The molecule has 152 valence electrons. The fourth-order valence-electron chi connectivity index (χ4n) is 3.32. The molecule has 1 atom stereocenters. The zero-order valence-electron chi connectivity index (χ0n) is 15.4. The van der Waals surface area contributed by atoms with Crippen LogP contribution in [-0.2, 0) is 16.5 Å². The topological polar surface area (TPSA) is 108 Å². The van der Waals surface area contributed by atoms with E-state index in [9.17, 15) is 27.9 Å². The molecule has 2 aromatic rings. The molecule has 0 aromatic heterocycles. The molecule has 1 aliphatic rings. The molecule has 1 fully saturated rings. The lowest BCUT2D eigenvalue weighted by molar-refractivity contribution is -0.137. The Morgan fingerprint density at radius 3 is 2.27 bits per heavy atom. The molecule has 30 heavy (non-hydrogen) atoms. The van der Waals surface area contributed by atoms with E-state index in [0.717, 1.165) is 17.0 Å². The van der Waals surface area contributed by atoms with E-state index < -0.39 is 41.3 Å². The number of nitrogens with zero attached hydrogens (tertiary/aromatic N) is 4. The molecule has 0 radical (unpaired) electrons. The number of phenolic OH excluding ortho intramolecular Hbond substituents is 1. The maximum absolute atomic E-state index is 13.3. The van der Waals surface area contributed by atoms with Gasteiger partial charge in [0.25, 0.3) is 5.91 Å². The average Bonchev–Trinajstić information content (AvgIpc) is 2.89. The van der Waals surface area contributed by atoms with Gasteiger partial charge in [-0.1, -0.05) is 12.1 Å². The van der Waals surface area contributed by atoms with Crippen molar-refractivity contribution in [2.45, 2.75) is 18.6 Å². The molecule has 0 aliphatic carbocycles. The lowest BCUT2D eigenvalue weighted by Crippen LogP contribution is -2.44. The van der Waals surface area contributed by atoms with Crippen molar-refractivity contribution in [2.24, 2.45) is 0 Å². The fourth-order valence-corrected chi connectivity index (χ4v) is 3.32. The molecule has 3 rings (SSSR count). The summed E-state index contributed by atoms with van der Waals surface area (Å²) in [6.07, 6.45) is -4.88. The number of amides is 3. The number of benzene rings is 2. The molecule has 7 nitrogen and oxygen atoms in total. The van der Waals surface area contributed by atoms with E-state index in [1.807, 2.05) is 0 Å². The third-order valence-corrected chi connectivity index (χ3v) is 4.93. The lowest BCUT2D eigenvalue weighted by Gasteiger charge is -2.30. The van der Waals surface area contributed by atoms with Gasteiger partial charge in [-0.3, -0.25) is 9.69 Å². The van der Waals surface area contributed by atoms with Gasteiger partial charge < -0.3 is 5.11 Å². The normalized spacial score (nSPS) is 19.0. The van der Waals surface area contributed by atoms with Gasteiger partial charge in [0.2, 0.25) is 0 Å². The first kappa shape index (κ1) is 20.7. The number of imide groups is 1. The van der Waals surface area contributed by atoms with Crippen molar-refractivity contribution >= 4 is 17.6 Å². The van der Waals surface area contributed by atoms with Gasteiger partial charge in [-0.05, 0) is 42.8 Å². The van der Waals surface area contributed by atoms with Crippen LogP contribution in [0.4, 0.5) is 23.7 Å². The first-order valence-corrected chi connectivity index (χ1v) is 8.49. The second-order valence-corrected chi connectivity index (χ2v) is 6.63. The molecular formula is C20H13F3N4O3. The number of anilines is 1. The van der Waals surface area contributed by atoms with E-state index in [1.54, 1.807) is 6.07 Å². The lowest BCUT2D eigenvalue weighted by atomic mass is 9.90. The van der Waals surface area contributed by atoms with Crippen LogP contribution in [0.5, 0.6) is 5.75 Å². The van der Waals surface area contributed by atoms with Crippen molar-refractivity contribution in [3.05, 3.63) is 59.2 Å². The predicted molar refractivity (Wildman–Crippen MR) is 96.8 cm³/mol. The Balaban J connectivity index is 2.17. The van der Waals surface area contributed by atoms with Crippen LogP contribution in [0.25, 0.3) is 0 Å². The maximum Gasteiger partial charge on any atom is 0.417 e. The third kappa shape index (κ3) is 3.08. The summed E-state index contributed by atoms with van der Waals surface area (Å²) in [6.45, 7) is 0.867. The van der Waals surface area contributed by atoms with Gasteiger partial charge in [0, 0.05) is 0 Å². The van der Waals surface area contributed by atoms with Crippen LogP contribution in [0.1, 0.15) is 23.6 Å². The minimum absolute atomic E-state index is 0.0928. The highest BCUT2D eigenvalue weighted by atomic mass is 19.4. The quantitative estimate of drug-likeness (QED) is 0.611. The highest BCUT2D eigenvalue weighted by molar-refractivity contribution is 6.23. The van der Waals surface area contributed by atoms with Crippen molar-refractivity contribution in [1.29, 1.82) is 10.5 Å². The zero-order valence-corrected chi connectivity index (χ0v) is 15.4. The Bertz CT molecular complexity index is 1120. The second-order valence-electron chi connectivity index (χ2n) is 6.63. The van der Waals surface area contributed by atoms with Crippen molar-refractivity contribution in [1.82, 2.24) is 4.90 Å². The highest BCUT2D eigenvalue weighted by Crippen LogP contribution is 2.41. The number of alkyl halides is 3. The van der Waals surface area contributed by atoms with Crippen LogP contribution >= 0.6 is 0 Å². The molecule has 2 aromatic carbocycles. The molecule has 0 bridgehead atoms. The molecular weight excluding hydrogens is 401 g/mol. The van der Waals surface area contributed by atoms with Crippen LogP contribution < -0.4 is 4.90 Å². The first-order chi connectivity index (χ1) is 14.1. The first-order valence-electron chi connectivity index (χ1n) is 8.49. The summed E-state index contributed by atoms with van der Waals surface area (Å²) in [7, 11) is 0. The summed E-state index contributed by atoms with van der Waals surface area (Å²) in [5, 5.41) is 27.6. The average molecular weight is 414 g/mol. The summed E-state index contributed by atoms with van der Waals surface area (Å²) in [6, 6.07) is 10.1. The summed E-state index contributed by atoms with van der Waals surface area (Å²) < 4.78 is 40.0. The SMILES string of the molecule is CC1(c2ccc(O)cc2)C(=O)N(c2ccc(C#N)c(C(F)(F)F)c2)C(=O)N1CC#N. The van der Waals surface area contributed by atoms with Crippen LogP contribution in [0.15, 0.2) is 42.5 Å². The van der Waals surface area contributed by atoms with Crippen molar-refractivity contribution < 1.29 is 27.9 Å². The summed E-state index contributed by atoms with van der Waals surface area (Å²) in [4.78, 5) is 27.7. The van der Waals surface area contributed by atoms with Gasteiger partial charge in [-0.2, -0.15) is 23.7 Å². The van der Waals surface area contributed by atoms with E-state index in [0.29, 0.717) is 11.0 Å². The standard InChI is InChI=1S/C20H13F3N4O3/c1-19(13-3-6-15(28)7-4-13)17(29)27(18(30)26(19)9-8-24)14-5-2-12(11-25)16(10-14)20(21,22)23/h2-7,10,28H,9H2,1H3. The molecule has 1 heterocycles. The largest absolute Gasteiger partial charge is 0.508 e. The predicted octanol–water partition coefficient (Wildman–Crippen LogP) is 3.49. The van der Waals surface area contributed by atoms with Crippen LogP contribution in [-0.4, -0.2) is 28.5 Å². The molecule has 1 unspecified atom stereocenters. The Labute approximate surface area is 168 Å². The van der Waals surface area contributed by atoms with Crippen LogP contribution in [0.2, 0.25) is 0 Å². The number of halogens is 3. The van der Waals surface area contributed by atoms with Crippen molar-refractivity contribution in [2.75, 3.05) is 11.4 Å². The Morgan fingerprint density at radius 2 is 1.73 bits per heavy atom. The zero-order chi connectivity index (χ0) is 22.3. The third-order valence-electron chi connectivity index (χ3n) is 4.93. The van der Waals surface area contributed by atoms with E-state index in [1.165, 1.54) is 37.3 Å². The van der Waals surface area contributed by atoms with Crippen molar-refractivity contribution in [3.8, 4) is 17.9 Å². The molecule has 1 saturated heterocycles. The van der Waals surface area contributed by atoms with E-state index in [4.69, 9.17) is 10.5 Å². The number of hydrogen-bond donors (Lipinski definition) is 1. The molecule has 0 saturated carbocycles. The molecule has 0 spiro atoms. The highest BCUT2D eigenvalue weighted by Gasteiger charge is 2.56. The number of phenols is 1. The van der Waals surface area contributed by atoms with Gasteiger partial charge in [-0.15, -0.1) is 0 Å². The molecule has 10 heteroatoms. The molecule has 1 aliphatic heterocycles. The van der Waals surface area contributed by atoms with E-state index in [2.05, 4.69) is 0 Å². The van der Waals surface area contributed by atoms with Gasteiger partial charge in [0.15, 0.2) is 0 Å². The van der Waals surface area contributed by atoms with Gasteiger partial charge in [0.05, 0.1) is 29.0 Å². The Morgan fingerprint density at radius 1 is 1.10 bits per heavy atom. The minimum atomic E-state index is -4.88. The number of nitriles is 2. The van der Waals surface area contributed by atoms with Crippen LogP contribution in [0.3, 0.4) is 0 Å². The maximum atomic E-state index is 13.3. The number of carbonyl (C=O) groups is 2. The Kier molecular flexibility index (Phi) is 4.88. The fraction of sp³-hybridized carbons (Fsp3) is 0.200. The second kappa shape index (κ2) is 7.08. The number of urea groups is 1. The smallest absolute Gasteiger partial charge is 0.417 e. The summed E-state index contributed by atoms with van der Waals surface area (Å²) in [5.41, 5.74) is -3.73. The van der Waals surface area contributed by atoms with Crippen molar-refractivity contribution in [3.63, 3.8) is 0 Å². The monoisotopic (exact) mass is 414 g/mol. The van der Waals surface area contributed by atoms with E-state index >= 15 is 0 Å². The van der Waals surface area contributed by atoms with Gasteiger partial charge in [-0.25, -0.2) is 9.69 Å². The van der Waals surface area contributed by atoms with Crippen LogP contribution in [0, 0.1) is 22.7 Å². The van der Waals surface area contributed by atoms with E-state index in [-0.39, 0.29) is 17.0 Å². The minimum Gasteiger partial charge on any atom is -0.508 e. The summed E-state index contributed by atoms with van der Waals surface area (Å²) in [5.74, 6) is -0.962. The van der Waals surface area contributed by atoms with Gasteiger partial charge in [0.1, 0.15) is 17.8 Å². The Hall–Kier alpha value is -4.05. The number of carbonyl (C=O) groups excluding carboxylic acids is 2. The summed E-state index contributed by atoms with van der Waals surface area (Å²) >= 11 is 0.